The summed E-state index contributed by atoms with van der Waals surface area (Å²) in [6, 6.07) is 0.746. The molecule has 0 aromatic carbocycles. The minimum Gasteiger partial charge on any atom is -0.310 e. The van der Waals surface area contributed by atoms with E-state index in [9.17, 15) is 0 Å². The van der Waals surface area contributed by atoms with Gasteiger partial charge in [0.15, 0.2) is 0 Å². The van der Waals surface area contributed by atoms with Crippen LogP contribution >= 0.6 is 0 Å². The van der Waals surface area contributed by atoms with Crippen molar-refractivity contribution >= 4 is 0 Å². The Bertz CT molecular complexity index is 273. The molecule has 2 atom stereocenters. The van der Waals surface area contributed by atoms with Crippen LogP contribution in [0.5, 0.6) is 0 Å². The fraction of sp³-hybridized carbons (Fsp3) is 0.636. The molecule has 14 heavy (non-hydrogen) atoms. The molecule has 3 nitrogen and oxygen atoms in total. The van der Waals surface area contributed by atoms with E-state index in [1.54, 1.807) is 6.33 Å². The van der Waals surface area contributed by atoms with Crippen LogP contribution in [0.2, 0.25) is 0 Å². The Hall–Kier alpha value is -0.960. The average molecular weight is 191 g/mol. The van der Waals surface area contributed by atoms with Gasteiger partial charge < -0.3 is 5.32 Å². The van der Waals surface area contributed by atoms with Crippen LogP contribution in [0.25, 0.3) is 0 Å². The van der Waals surface area contributed by atoms with Crippen LogP contribution in [0, 0.1) is 5.92 Å². The second-order valence-corrected chi connectivity index (χ2v) is 4.02. The molecule has 2 rings (SSSR count). The summed E-state index contributed by atoms with van der Waals surface area (Å²) in [7, 11) is 0. The molecule has 3 heteroatoms. The summed E-state index contributed by atoms with van der Waals surface area (Å²) in [5, 5.41) is 3.53. The van der Waals surface area contributed by atoms with Gasteiger partial charge in [0.2, 0.25) is 0 Å². The van der Waals surface area contributed by atoms with E-state index in [0.29, 0.717) is 0 Å². The van der Waals surface area contributed by atoms with E-state index in [4.69, 9.17) is 0 Å². The fourth-order valence-corrected chi connectivity index (χ4v) is 1.86. The van der Waals surface area contributed by atoms with Crippen molar-refractivity contribution in [1.82, 2.24) is 15.3 Å². The zero-order valence-corrected chi connectivity index (χ0v) is 8.61. The summed E-state index contributed by atoms with van der Waals surface area (Å²) in [6.45, 7) is 3.16. The van der Waals surface area contributed by atoms with E-state index in [2.05, 4.69) is 22.2 Å². The molecule has 1 fully saturated rings. The summed E-state index contributed by atoms with van der Waals surface area (Å²) in [4.78, 5) is 7.97. The largest absolute Gasteiger partial charge is 0.310 e. The van der Waals surface area contributed by atoms with Gasteiger partial charge in [-0.25, -0.2) is 9.97 Å². The van der Waals surface area contributed by atoms with Crippen molar-refractivity contribution in [3.8, 4) is 0 Å². The second kappa shape index (κ2) is 4.51. The monoisotopic (exact) mass is 191 g/mol. The lowest BCUT2D eigenvalue weighted by Gasteiger charge is -2.02. The van der Waals surface area contributed by atoms with E-state index in [1.807, 2.05) is 12.4 Å². The third-order valence-electron chi connectivity index (χ3n) is 2.76. The maximum absolute atomic E-state index is 3.99. The van der Waals surface area contributed by atoms with E-state index >= 15 is 0 Å². The van der Waals surface area contributed by atoms with Crippen LogP contribution in [0.1, 0.15) is 31.7 Å². The van der Waals surface area contributed by atoms with Crippen molar-refractivity contribution in [3.63, 3.8) is 0 Å². The first-order valence-electron chi connectivity index (χ1n) is 5.37. The number of nitrogens with one attached hydrogen (secondary N) is 1. The molecule has 0 amide bonds. The van der Waals surface area contributed by atoms with Gasteiger partial charge in [0.25, 0.3) is 0 Å². The Kier molecular flexibility index (Phi) is 3.09. The smallest absolute Gasteiger partial charge is 0.115 e. The topological polar surface area (TPSA) is 37.8 Å². The summed E-state index contributed by atoms with van der Waals surface area (Å²) < 4.78 is 0. The van der Waals surface area contributed by atoms with Crippen LogP contribution < -0.4 is 5.32 Å². The number of hydrogen-bond donors (Lipinski definition) is 1. The van der Waals surface area contributed by atoms with Crippen molar-refractivity contribution in [2.24, 2.45) is 5.92 Å². The molecule has 76 valence electrons. The van der Waals surface area contributed by atoms with Gasteiger partial charge in [-0.15, -0.1) is 0 Å². The van der Waals surface area contributed by atoms with Gasteiger partial charge in [0.1, 0.15) is 6.33 Å². The third-order valence-corrected chi connectivity index (χ3v) is 2.76. The summed E-state index contributed by atoms with van der Waals surface area (Å²) in [6.07, 6.45) is 9.33. The summed E-state index contributed by atoms with van der Waals surface area (Å²) in [5.41, 5.74) is 1.18. The van der Waals surface area contributed by atoms with Crippen LogP contribution in [-0.4, -0.2) is 16.0 Å². The van der Waals surface area contributed by atoms with Gasteiger partial charge in [-0.3, -0.25) is 0 Å². The molecule has 1 aromatic heterocycles. The minimum absolute atomic E-state index is 0.746. The van der Waals surface area contributed by atoms with E-state index in [0.717, 1.165) is 18.5 Å². The van der Waals surface area contributed by atoms with E-state index in [1.165, 1.54) is 24.8 Å². The molecule has 1 aromatic rings. The van der Waals surface area contributed by atoms with Crippen LogP contribution in [0.3, 0.4) is 0 Å². The Labute approximate surface area is 85.0 Å². The molecule has 1 heterocycles. The number of rotatable bonds is 5. The molecule has 0 radical (unpaired) electrons. The van der Waals surface area contributed by atoms with Crippen molar-refractivity contribution in [1.29, 1.82) is 0 Å². The first-order chi connectivity index (χ1) is 6.90. The minimum atomic E-state index is 0.746. The van der Waals surface area contributed by atoms with Crippen molar-refractivity contribution in [2.75, 3.05) is 0 Å². The maximum Gasteiger partial charge on any atom is 0.115 e. The average Bonchev–Trinajstić information content (AvgIpc) is 2.96. The highest BCUT2D eigenvalue weighted by atomic mass is 15.0. The second-order valence-electron chi connectivity index (χ2n) is 4.02. The molecule has 2 unspecified atom stereocenters. The number of nitrogens with zero attached hydrogens (tertiary/aromatic N) is 2. The van der Waals surface area contributed by atoms with Crippen LogP contribution in [-0.2, 0) is 6.54 Å². The zero-order chi connectivity index (χ0) is 9.80. The van der Waals surface area contributed by atoms with Crippen LogP contribution in [0.4, 0.5) is 0 Å². The molecule has 0 saturated heterocycles. The predicted octanol–water partition coefficient (Wildman–Crippen LogP) is 1.75. The molecule has 0 aliphatic heterocycles. The molecule has 0 spiro atoms. The molecule has 1 saturated carbocycles. The Morgan fingerprint density at radius 1 is 1.43 bits per heavy atom. The lowest BCUT2D eigenvalue weighted by molar-refractivity contribution is 0.598. The molecule has 1 aliphatic rings. The van der Waals surface area contributed by atoms with Gasteiger partial charge in [0, 0.05) is 30.5 Å². The number of hydrogen-bond acceptors (Lipinski definition) is 3. The summed E-state index contributed by atoms with van der Waals surface area (Å²) >= 11 is 0. The van der Waals surface area contributed by atoms with Gasteiger partial charge in [-0.05, 0) is 18.8 Å². The lowest BCUT2D eigenvalue weighted by Crippen LogP contribution is -2.17. The molecular weight excluding hydrogens is 174 g/mol. The first-order valence-corrected chi connectivity index (χ1v) is 5.37. The highest BCUT2D eigenvalue weighted by Crippen LogP contribution is 2.34. The van der Waals surface area contributed by atoms with Gasteiger partial charge in [-0.2, -0.15) is 0 Å². The summed E-state index contributed by atoms with van der Waals surface area (Å²) in [5.74, 6) is 0.921. The lowest BCUT2D eigenvalue weighted by atomic mass is 10.2. The van der Waals surface area contributed by atoms with Gasteiger partial charge in [-0.1, -0.05) is 13.3 Å². The normalized spacial score (nSPS) is 24.9. The van der Waals surface area contributed by atoms with Crippen molar-refractivity contribution in [2.45, 2.75) is 38.8 Å². The first kappa shape index (κ1) is 9.59. The van der Waals surface area contributed by atoms with E-state index in [-0.39, 0.29) is 0 Å². The standard InChI is InChI=1S/C11H17N3/c1-2-3-10-4-11(10)14-7-9-5-12-8-13-6-9/h5-6,8,10-11,14H,2-4,7H2,1H3. The highest BCUT2D eigenvalue weighted by Gasteiger charge is 2.35. The Morgan fingerprint density at radius 3 is 2.93 bits per heavy atom. The fourth-order valence-electron chi connectivity index (χ4n) is 1.86. The highest BCUT2D eigenvalue weighted by molar-refractivity contribution is 5.03. The third kappa shape index (κ3) is 2.51. The van der Waals surface area contributed by atoms with Gasteiger partial charge in [0.05, 0.1) is 0 Å². The molecule has 1 aliphatic carbocycles. The zero-order valence-electron chi connectivity index (χ0n) is 8.61. The van der Waals surface area contributed by atoms with Crippen molar-refractivity contribution < 1.29 is 0 Å². The SMILES string of the molecule is CCCC1CC1NCc1cncnc1. The van der Waals surface area contributed by atoms with E-state index < -0.39 is 0 Å². The molecule has 0 bridgehead atoms. The predicted molar refractivity (Wildman–Crippen MR) is 55.7 cm³/mol. The quantitative estimate of drug-likeness (QED) is 0.770. The Morgan fingerprint density at radius 2 is 2.21 bits per heavy atom. The molecule has 1 N–H and O–H groups in total. The van der Waals surface area contributed by atoms with Crippen LogP contribution in [0.15, 0.2) is 18.7 Å². The van der Waals surface area contributed by atoms with Gasteiger partial charge >= 0.3 is 0 Å². The maximum atomic E-state index is 3.99. The van der Waals surface area contributed by atoms with Crippen molar-refractivity contribution in [3.05, 3.63) is 24.3 Å². The number of aromatic nitrogens is 2. The Balaban J connectivity index is 1.70. The molecular formula is C11H17N3.